The van der Waals surface area contributed by atoms with Gasteiger partial charge in [0.1, 0.15) is 0 Å². The van der Waals surface area contributed by atoms with E-state index in [9.17, 15) is 0 Å². The summed E-state index contributed by atoms with van der Waals surface area (Å²) in [5.74, 6) is 0. The molecular formula is C23H48N4O4. The zero-order valence-electron chi connectivity index (χ0n) is 16.8. The molecule has 0 radical (unpaired) electrons. The fourth-order valence-corrected chi connectivity index (χ4v) is 2.31. The van der Waals surface area contributed by atoms with E-state index in [2.05, 4.69) is 20.2 Å². The van der Waals surface area contributed by atoms with Crippen LogP contribution >= 0.6 is 0 Å². The van der Waals surface area contributed by atoms with Crippen LogP contribution in [-0.2, 0) is 14.2 Å². The lowest BCUT2D eigenvalue weighted by Crippen LogP contribution is -2.19. The van der Waals surface area contributed by atoms with Crippen LogP contribution in [0.1, 0.15) is 67.2 Å². The topological polar surface area (TPSA) is 105 Å². The highest BCUT2D eigenvalue weighted by Gasteiger charge is 2.07. The number of aliphatic hydroxyl groups is 1. The molecule has 0 aliphatic carbocycles. The van der Waals surface area contributed by atoms with Gasteiger partial charge in [-0.3, -0.25) is 5.10 Å². The molecule has 3 fully saturated rings. The monoisotopic (exact) mass is 444 g/mol. The van der Waals surface area contributed by atoms with Gasteiger partial charge in [-0.15, -0.1) is 0 Å². The summed E-state index contributed by atoms with van der Waals surface area (Å²) in [5, 5.41) is 15.0. The van der Waals surface area contributed by atoms with E-state index >= 15 is 0 Å². The standard InChI is InChI=1S/C5H10O2.C5H10O.C4H8O.2C3H4N2.3CH4/c6-5-1-3-7-4-2-5;1-2-4-6-5-3-1;1-2-4-5-3-1;1-2-5-3-4-1;1-2-4-5-3-1;;;/h5-6H,1-4H2;1-5H2;1-4H2;2*1-3H,(H,4,5);3*1H4. The van der Waals surface area contributed by atoms with Gasteiger partial charge in [-0.1, -0.05) is 22.3 Å². The van der Waals surface area contributed by atoms with Crippen molar-refractivity contribution in [2.75, 3.05) is 39.6 Å². The largest absolute Gasteiger partial charge is 0.393 e. The predicted molar refractivity (Wildman–Crippen MR) is 128 cm³/mol. The van der Waals surface area contributed by atoms with Crippen LogP contribution in [0.2, 0.25) is 0 Å². The molecular weight excluding hydrogens is 396 g/mol. The van der Waals surface area contributed by atoms with E-state index in [-0.39, 0.29) is 28.4 Å². The smallest absolute Gasteiger partial charge is 0.0919 e. The number of rotatable bonds is 0. The van der Waals surface area contributed by atoms with Gasteiger partial charge in [0.25, 0.3) is 0 Å². The Hall–Kier alpha value is -1.74. The number of aromatic amines is 2. The summed E-state index contributed by atoms with van der Waals surface area (Å²) >= 11 is 0. The molecule has 0 spiro atoms. The molecule has 0 unspecified atom stereocenters. The van der Waals surface area contributed by atoms with E-state index in [0.29, 0.717) is 0 Å². The Balaban J connectivity index is -0.000000310. The molecule has 184 valence electrons. The van der Waals surface area contributed by atoms with Crippen LogP contribution in [-0.4, -0.2) is 71.0 Å². The van der Waals surface area contributed by atoms with Crippen LogP contribution < -0.4 is 0 Å². The molecule has 2 aromatic heterocycles. The number of nitrogens with one attached hydrogen (secondary N) is 2. The molecule has 3 saturated heterocycles. The van der Waals surface area contributed by atoms with Crippen LogP contribution in [0.15, 0.2) is 37.2 Å². The maximum absolute atomic E-state index is 8.83. The van der Waals surface area contributed by atoms with Gasteiger partial charge in [0.05, 0.1) is 12.4 Å². The van der Waals surface area contributed by atoms with Crippen LogP contribution in [0.3, 0.4) is 0 Å². The van der Waals surface area contributed by atoms with E-state index in [1.54, 1.807) is 31.1 Å². The van der Waals surface area contributed by atoms with Gasteiger partial charge >= 0.3 is 0 Å². The van der Waals surface area contributed by atoms with Gasteiger partial charge in [-0.05, 0) is 51.0 Å². The molecule has 8 heteroatoms. The Labute approximate surface area is 190 Å². The van der Waals surface area contributed by atoms with Crippen molar-refractivity contribution in [2.45, 2.75) is 73.3 Å². The van der Waals surface area contributed by atoms with Gasteiger partial charge in [-0.25, -0.2) is 4.98 Å². The first kappa shape index (κ1) is 33.9. The lowest BCUT2D eigenvalue weighted by Gasteiger charge is -2.15. The maximum Gasteiger partial charge on any atom is 0.0919 e. The van der Waals surface area contributed by atoms with Crippen molar-refractivity contribution in [1.82, 2.24) is 20.2 Å². The van der Waals surface area contributed by atoms with Crippen LogP contribution in [0, 0.1) is 0 Å². The van der Waals surface area contributed by atoms with Crippen molar-refractivity contribution in [3.63, 3.8) is 0 Å². The van der Waals surface area contributed by atoms with E-state index < -0.39 is 0 Å². The minimum atomic E-state index is -0.0891. The lowest BCUT2D eigenvalue weighted by molar-refractivity contribution is 0.0140. The molecule has 5 rings (SSSR count). The third-order valence-corrected chi connectivity index (χ3v) is 3.91. The summed E-state index contributed by atoms with van der Waals surface area (Å²) in [6.45, 7) is 5.47. The Morgan fingerprint density at radius 1 is 0.710 bits per heavy atom. The highest BCUT2D eigenvalue weighted by Crippen LogP contribution is 2.04. The number of aromatic nitrogens is 4. The molecule has 5 heterocycles. The predicted octanol–water partition coefficient (Wildman–Crippen LogP) is 4.87. The number of H-pyrrole nitrogens is 2. The average molecular weight is 445 g/mol. The van der Waals surface area contributed by atoms with Crippen LogP contribution in [0.4, 0.5) is 0 Å². The second-order valence-corrected chi connectivity index (χ2v) is 6.36. The number of hydrogen-bond acceptors (Lipinski definition) is 6. The van der Waals surface area contributed by atoms with Gasteiger partial charge in [0, 0.05) is 64.4 Å². The van der Waals surface area contributed by atoms with Crippen molar-refractivity contribution < 1.29 is 19.3 Å². The van der Waals surface area contributed by atoms with Gasteiger partial charge < -0.3 is 24.3 Å². The number of hydrogen-bond donors (Lipinski definition) is 3. The van der Waals surface area contributed by atoms with Gasteiger partial charge in [-0.2, -0.15) is 5.10 Å². The minimum absolute atomic E-state index is 0. The molecule has 3 N–H and O–H groups in total. The molecule has 0 aromatic carbocycles. The third-order valence-electron chi connectivity index (χ3n) is 3.91. The highest BCUT2D eigenvalue weighted by atomic mass is 16.5. The summed E-state index contributed by atoms with van der Waals surface area (Å²) in [7, 11) is 0. The summed E-state index contributed by atoms with van der Waals surface area (Å²) in [5.41, 5.74) is 0. The highest BCUT2D eigenvalue weighted by molar-refractivity contribution is 4.72. The van der Waals surface area contributed by atoms with Gasteiger partial charge in [0.2, 0.25) is 0 Å². The summed E-state index contributed by atoms with van der Waals surface area (Å²) in [6.07, 6.45) is 16.6. The number of imidazole rings is 1. The van der Waals surface area contributed by atoms with Crippen molar-refractivity contribution in [1.29, 1.82) is 0 Å². The molecule has 2 aromatic rings. The number of aliphatic hydroxyl groups excluding tert-OH is 1. The third kappa shape index (κ3) is 26.2. The first-order chi connectivity index (χ1) is 13.9. The fourth-order valence-electron chi connectivity index (χ4n) is 2.31. The van der Waals surface area contributed by atoms with Crippen LogP contribution in [0.25, 0.3) is 0 Å². The quantitative estimate of drug-likeness (QED) is 0.535. The molecule has 0 atom stereocenters. The molecule has 3 aliphatic rings. The Bertz CT molecular complexity index is 390. The summed E-state index contributed by atoms with van der Waals surface area (Å²) < 4.78 is 15.0. The van der Waals surface area contributed by atoms with E-state index in [1.807, 2.05) is 6.07 Å². The lowest BCUT2D eigenvalue weighted by atomic mass is 10.2. The zero-order valence-corrected chi connectivity index (χ0v) is 16.8. The van der Waals surface area contributed by atoms with Crippen LogP contribution in [0.5, 0.6) is 0 Å². The molecule has 31 heavy (non-hydrogen) atoms. The number of ether oxygens (including phenoxy) is 3. The minimum Gasteiger partial charge on any atom is -0.393 e. The van der Waals surface area contributed by atoms with E-state index in [0.717, 1.165) is 52.5 Å². The SMILES string of the molecule is C.C.C.C1CCOC1.C1CCOCC1.OC1CCOCC1.c1c[nH]cn1.c1cn[nH]c1. The van der Waals surface area contributed by atoms with Crippen molar-refractivity contribution in [3.8, 4) is 0 Å². The molecule has 8 nitrogen and oxygen atoms in total. The number of nitrogens with zero attached hydrogens (tertiary/aromatic N) is 2. The Morgan fingerprint density at radius 3 is 1.45 bits per heavy atom. The van der Waals surface area contributed by atoms with Crippen molar-refractivity contribution >= 4 is 0 Å². The van der Waals surface area contributed by atoms with E-state index in [1.165, 1.54) is 32.1 Å². The summed E-state index contributed by atoms with van der Waals surface area (Å²) in [4.78, 5) is 6.42. The molecule has 0 saturated carbocycles. The fraction of sp³-hybridized carbons (Fsp3) is 0.739. The Kier molecular flexibility index (Phi) is 30.9. The molecule has 0 amide bonds. The van der Waals surface area contributed by atoms with E-state index in [4.69, 9.17) is 19.3 Å². The first-order valence-corrected chi connectivity index (χ1v) is 10.2. The van der Waals surface area contributed by atoms with Crippen molar-refractivity contribution in [3.05, 3.63) is 37.2 Å². The maximum atomic E-state index is 8.83. The molecule has 0 bridgehead atoms. The van der Waals surface area contributed by atoms with Gasteiger partial charge in [0.15, 0.2) is 0 Å². The second kappa shape index (κ2) is 28.3. The average Bonchev–Trinajstić information content (AvgIpc) is 3.58. The summed E-state index contributed by atoms with van der Waals surface area (Å²) in [6, 6.07) is 1.83. The first-order valence-electron chi connectivity index (χ1n) is 10.2. The zero-order chi connectivity index (χ0) is 20.0. The molecule has 3 aliphatic heterocycles. The second-order valence-electron chi connectivity index (χ2n) is 6.36. The normalized spacial score (nSPS) is 16.8. The Morgan fingerprint density at radius 2 is 1.26 bits per heavy atom. The van der Waals surface area contributed by atoms with Crippen molar-refractivity contribution in [2.24, 2.45) is 0 Å².